The predicted molar refractivity (Wildman–Crippen MR) is 147 cm³/mol. The molecule has 0 spiro atoms. The molecule has 38 heavy (non-hydrogen) atoms. The highest BCUT2D eigenvalue weighted by molar-refractivity contribution is 14.1. The van der Waals surface area contributed by atoms with Crippen molar-refractivity contribution in [2.75, 3.05) is 31.2 Å². The maximum Gasteiger partial charge on any atom is 0.492 e. The highest BCUT2D eigenvalue weighted by Gasteiger charge is 2.47. The number of amides is 1. The number of ether oxygens (including phenoxy) is 3. The standard InChI is InChI=1S/C23H28BFIN5O6S/c1-23(2,3)37-22(32)28-19-12(10-35-16-6-13(25)4-5-15(16)24(33)34)11-36-17-9-30(8-14(17)19)21-29-31-18(26)7-27-20(31)38-21/h4-7,12,14,17,19,33-34H,8-11H2,1-3H3,(H,28,32)/t12?,14-,17+,19+/m1/s1. The van der Waals surface area contributed by atoms with Crippen LogP contribution in [0.15, 0.2) is 24.4 Å². The monoisotopic (exact) mass is 659 g/mol. The van der Waals surface area contributed by atoms with Crippen LogP contribution >= 0.6 is 33.9 Å². The van der Waals surface area contributed by atoms with Gasteiger partial charge in [0.1, 0.15) is 20.9 Å². The second-order valence-corrected chi connectivity index (χ2v) is 12.4. The van der Waals surface area contributed by atoms with Gasteiger partial charge in [-0.05, 0) is 49.4 Å². The number of benzene rings is 1. The summed E-state index contributed by atoms with van der Waals surface area (Å²) < 4.78 is 34.2. The number of nitrogens with zero attached hydrogens (tertiary/aromatic N) is 4. The molecule has 1 aromatic carbocycles. The number of hydrogen-bond acceptors (Lipinski definition) is 10. The van der Waals surface area contributed by atoms with E-state index < -0.39 is 24.6 Å². The minimum atomic E-state index is -1.82. The summed E-state index contributed by atoms with van der Waals surface area (Å²) in [6.45, 7) is 6.89. The number of imidazole rings is 1. The molecule has 2 fully saturated rings. The molecular formula is C23H28BFIN5O6S. The maximum absolute atomic E-state index is 13.9. The van der Waals surface area contributed by atoms with Gasteiger partial charge in [-0.25, -0.2) is 14.2 Å². The number of alkyl carbamates (subject to hydrolysis) is 1. The third-order valence-corrected chi connectivity index (χ3v) is 8.22. The number of nitrogens with one attached hydrogen (secondary N) is 1. The van der Waals surface area contributed by atoms with E-state index in [1.807, 2.05) is 0 Å². The van der Waals surface area contributed by atoms with Gasteiger partial charge in [0.05, 0.1) is 25.5 Å². The van der Waals surface area contributed by atoms with E-state index in [4.69, 9.17) is 19.3 Å². The van der Waals surface area contributed by atoms with Crippen molar-refractivity contribution in [3.63, 3.8) is 0 Å². The van der Waals surface area contributed by atoms with Gasteiger partial charge in [-0.2, -0.15) is 4.52 Å². The molecule has 0 saturated carbocycles. The lowest BCUT2D eigenvalue weighted by atomic mass is 9.79. The average Bonchev–Trinajstić information content (AvgIpc) is 3.52. The lowest BCUT2D eigenvalue weighted by molar-refractivity contribution is -0.0637. The molecule has 2 aliphatic heterocycles. The smallest absolute Gasteiger partial charge is 0.492 e. The Kier molecular flexibility index (Phi) is 7.74. The second kappa shape index (κ2) is 10.8. The van der Waals surface area contributed by atoms with Crippen molar-refractivity contribution in [1.82, 2.24) is 19.9 Å². The molecule has 3 N–H and O–H groups in total. The van der Waals surface area contributed by atoms with Crippen molar-refractivity contribution in [2.45, 2.75) is 38.5 Å². The van der Waals surface area contributed by atoms with Crippen molar-refractivity contribution >= 4 is 62.7 Å². The van der Waals surface area contributed by atoms with Crippen molar-refractivity contribution in [3.8, 4) is 5.75 Å². The topological polar surface area (TPSA) is 131 Å². The summed E-state index contributed by atoms with van der Waals surface area (Å²) >= 11 is 3.67. The second-order valence-electron chi connectivity index (χ2n) is 10.4. The molecule has 3 aromatic rings. The molecule has 5 rings (SSSR count). The summed E-state index contributed by atoms with van der Waals surface area (Å²) in [5.74, 6) is -0.962. The number of hydrogen-bond donors (Lipinski definition) is 3. The average molecular weight is 659 g/mol. The number of aromatic nitrogens is 3. The van der Waals surface area contributed by atoms with Crippen LogP contribution in [0.25, 0.3) is 4.96 Å². The van der Waals surface area contributed by atoms with Gasteiger partial charge in [0.15, 0.2) is 0 Å². The Bertz CT molecular complexity index is 1320. The van der Waals surface area contributed by atoms with Crippen molar-refractivity contribution in [2.24, 2.45) is 11.8 Å². The van der Waals surface area contributed by atoms with Crippen LogP contribution < -0.4 is 20.4 Å². The number of carbonyl (C=O) groups is 1. The van der Waals surface area contributed by atoms with E-state index in [9.17, 15) is 19.2 Å². The first-order valence-corrected chi connectivity index (χ1v) is 14.0. The van der Waals surface area contributed by atoms with E-state index in [0.29, 0.717) is 13.1 Å². The largest absolute Gasteiger partial charge is 0.493 e. The van der Waals surface area contributed by atoms with Gasteiger partial charge in [-0.15, -0.1) is 5.10 Å². The summed E-state index contributed by atoms with van der Waals surface area (Å²) in [4.78, 5) is 20.1. The van der Waals surface area contributed by atoms with E-state index in [-0.39, 0.29) is 48.4 Å². The summed E-state index contributed by atoms with van der Waals surface area (Å²) in [5.41, 5.74) is -0.628. The van der Waals surface area contributed by atoms with Crippen molar-refractivity contribution in [1.29, 1.82) is 0 Å². The van der Waals surface area contributed by atoms with Crippen LogP contribution in [0.4, 0.5) is 14.3 Å². The lowest BCUT2D eigenvalue weighted by Gasteiger charge is -2.39. The van der Waals surface area contributed by atoms with E-state index in [1.165, 1.54) is 17.4 Å². The van der Waals surface area contributed by atoms with Crippen LogP contribution in [0.2, 0.25) is 0 Å². The first-order chi connectivity index (χ1) is 18.0. The molecule has 4 heterocycles. The van der Waals surface area contributed by atoms with Crippen LogP contribution in [-0.4, -0.2) is 81.9 Å². The number of anilines is 1. The molecule has 0 bridgehead atoms. The van der Waals surface area contributed by atoms with Crippen molar-refractivity contribution in [3.05, 3.63) is 33.9 Å². The summed E-state index contributed by atoms with van der Waals surface area (Å²) in [7, 11) is -1.82. The predicted octanol–water partition coefficient (Wildman–Crippen LogP) is 1.64. The van der Waals surface area contributed by atoms with Gasteiger partial charge in [-0.3, -0.25) is 0 Å². The molecule has 0 radical (unpaired) electrons. The zero-order chi connectivity index (χ0) is 27.2. The molecule has 1 amide bonds. The molecule has 204 valence electrons. The van der Waals surface area contributed by atoms with Crippen LogP contribution in [0.1, 0.15) is 20.8 Å². The fourth-order valence-electron chi connectivity index (χ4n) is 4.83. The van der Waals surface area contributed by atoms with E-state index >= 15 is 0 Å². The summed E-state index contributed by atoms with van der Waals surface area (Å²) in [6.07, 6.45) is 1.05. The maximum atomic E-state index is 13.9. The van der Waals surface area contributed by atoms with Gasteiger partial charge in [0.25, 0.3) is 0 Å². The Hall–Kier alpha value is -2.21. The van der Waals surface area contributed by atoms with Gasteiger partial charge in [0, 0.05) is 42.5 Å². The molecule has 2 aliphatic rings. The minimum Gasteiger partial charge on any atom is -0.493 e. The van der Waals surface area contributed by atoms with E-state index in [0.717, 1.165) is 25.9 Å². The summed E-state index contributed by atoms with van der Waals surface area (Å²) in [6, 6.07) is 3.12. The quantitative estimate of drug-likeness (QED) is 0.267. The molecule has 2 aromatic heterocycles. The van der Waals surface area contributed by atoms with Gasteiger partial charge < -0.3 is 34.5 Å². The highest BCUT2D eigenvalue weighted by Crippen LogP contribution is 2.36. The molecular weight excluding hydrogens is 631 g/mol. The first kappa shape index (κ1) is 27.4. The van der Waals surface area contributed by atoms with Gasteiger partial charge >= 0.3 is 13.2 Å². The van der Waals surface area contributed by atoms with Gasteiger partial charge in [-0.1, -0.05) is 17.4 Å². The molecule has 4 atom stereocenters. The number of halogens is 2. The number of fused-ring (bicyclic) bond motifs is 2. The SMILES string of the molecule is CC(C)(C)OC(=O)N[C@H]1C(COc2cc(F)ccc2B(O)O)CO[C@H]2CN(c3nn4c(I)cnc4s3)C[C@H]21. The zero-order valence-electron chi connectivity index (χ0n) is 21.0. The Balaban J connectivity index is 1.36. The van der Waals surface area contributed by atoms with Gasteiger partial charge in [0.2, 0.25) is 10.1 Å². The van der Waals surface area contributed by atoms with Crippen LogP contribution in [0, 0.1) is 21.4 Å². The Morgan fingerprint density at radius 1 is 1.37 bits per heavy atom. The van der Waals surface area contributed by atoms with Crippen LogP contribution in [0.5, 0.6) is 5.75 Å². The van der Waals surface area contributed by atoms with Crippen LogP contribution in [-0.2, 0) is 9.47 Å². The Morgan fingerprint density at radius 2 is 2.16 bits per heavy atom. The molecule has 11 nitrogen and oxygen atoms in total. The zero-order valence-corrected chi connectivity index (χ0v) is 24.0. The fraction of sp³-hybridized carbons (Fsp3) is 0.522. The van der Waals surface area contributed by atoms with Crippen LogP contribution in [0.3, 0.4) is 0 Å². The normalized spacial score (nSPS) is 23.4. The molecule has 0 aliphatic carbocycles. The number of carbonyl (C=O) groups excluding carboxylic acids is 1. The first-order valence-electron chi connectivity index (χ1n) is 12.1. The Labute approximate surface area is 236 Å². The Morgan fingerprint density at radius 3 is 2.87 bits per heavy atom. The highest BCUT2D eigenvalue weighted by atomic mass is 127. The third-order valence-electron chi connectivity index (χ3n) is 6.50. The lowest BCUT2D eigenvalue weighted by Crippen LogP contribution is -2.56. The summed E-state index contributed by atoms with van der Waals surface area (Å²) in [5, 5.41) is 27.9. The van der Waals surface area contributed by atoms with Crippen molar-refractivity contribution < 1.29 is 33.4 Å². The number of rotatable bonds is 6. The third kappa shape index (κ3) is 5.85. The fourth-order valence-corrected chi connectivity index (χ4v) is 6.36. The van der Waals surface area contributed by atoms with E-state index in [1.54, 1.807) is 31.5 Å². The molecule has 1 unspecified atom stereocenters. The molecule has 2 saturated heterocycles. The minimum absolute atomic E-state index is 0.0203. The molecule has 15 heteroatoms. The van der Waals surface area contributed by atoms with E-state index in [2.05, 4.69) is 37.8 Å².